The van der Waals surface area contributed by atoms with Crippen molar-refractivity contribution in [2.45, 2.75) is 69.3 Å². The van der Waals surface area contributed by atoms with Gasteiger partial charge in [0.1, 0.15) is 28.9 Å². The molecule has 0 aromatic carbocycles. The number of hydrogen-bond acceptors (Lipinski definition) is 10. The van der Waals surface area contributed by atoms with Crippen LogP contribution in [-0.2, 0) is 16.1 Å². The van der Waals surface area contributed by atoms with Crippen molar-refractivity contribution in [2.75, 3.05) is 12.3 Å². The lowest BCUT2D eigenvalue weighted by Crippen LogP contribution is -2.88. The van der Waals surface area contributed by atoms with E-state index in [-0.39, 0.29) is 17.1 Å². The standard InChI is InChI=1S/C18H28N6O7/c1-14(7-25)16(3,28)17(4,29)15(2,18(5,30)31-14)23-9(26)6-24-8-20-10-11(24)21-13(19)22-12(10)27/h8,25,28-30H,6-7H2,1-5H3,(H,23,26)(H3,19,21,22,27). The van der Waals surface area contributed by atoms with Crippen molar-refractivity contribution in [2.24, 2.45) is 0 Å². The summed E-state index contributed by atoms with van der Waals surface area (Å²) in [6.45, 7) is 5.22. The summed E-state index contributed by atoms with van der Waals surface area (Å²) in [5.41, 5.74) is -2.91. The Morgan fingerprint density at radius 1 is 1.23 bits per heavy atom. The molecule has 3 heterocycles. The fourth-order valence-electron chi connectivity index (χ4n) is 4.08. The van der Waals surface area contributed by atoms with Gasteiger partial charge in [-0.15, -0.1) is 0 Å². The average molecular weight is 440 g/mol. The number of H-pyrrole nitrogens is 1. The molecule has 0 aliphatic carbocycles. The number of anilines is 1. The van der Waals surface area contributed by atoms with E-state index < -0.39 is 52.7 Å². The summed E-state index contributed by atoms with van der Waals surface area (Å²) in [5.74, 6) is -3.07. The van der Waals surface area contributed by atoms with Crippen molar-refractivity contribution < 1.29 is 30.0 Å². The molecule has 0 bridgehead atoms. The molecule has 1 amide bonds. The molecule has 2 aromatic heterocycles. The van der Waals surface area contributed by atoms with E-state index in [1.165, 1.54) is 45.5 Å². The number of aromatic nitrogens is 4. The molecule has 13 nitrogen and oxygen atoms in total. The maximum Gasteiger partial charge on any atom is 0.280 e. The van der Waals surface area contributed by atoms with Crippen molar-refractivity contribution in [1.82, 2.24) is 24.8 Å². The molecule has 2 aromatic rings. The molecule has 1 aliphatic rings. The van der Waals surface area contributed by atoms with E-state index in [1.807, 2.05) is 0 Å². The minimum Gasteiger partial charge on any atom is -0.393 e. The number of imidazole rings is 1. The Morgan fingerprint density at radius 3 is 2.42 bits per heavy atom. The molecule has 5 unspecified atom stereocenters. The number of aromatic amines is 1. The van der Waals surface area contributed by atoms with Crippen molar-refractivity contribution in [3.05, 3.63) is 16.7 Å². The predicted octanol–water partition coefficient (Wildman–Crippen LogP) is -2.43. The van der Waals surface area contributed by atoms with Crippen molar-refractivity contribution >= 4 is 23.0 Å². The zero-order chi connectivity index (χ0) is 23.6. The summed E-state index contributed by atoms with van der Waals surface area (Å²) in [5, 5.41) is 45.8. The van der Waals surface area contributed by atoms with Crippen molar-refractivity contribution in [3.8, 4) is 0 Å². The Balaban J connectivity index is 1.97. The quantitative estimate of drug-likeness (QED) is 0.267. The molecule has 13 heteroatoms. The number of aliphatic hydroxyl groups excluding tert-OH is 1. The van der Waals surface area contributed by atoms with Gasteiger partial charge < -0.3 is 40.8 Å². The number of rotatable bonds is 4. The Bertz CT molecular complexity index is 1090. The molecule has 0 radical (unpaired) electrons. The highest BCUT2D eigenvalue weighted by Crippen LogP contribution is 2.52. The number of nitrogens with two attached hydrogens (primary N) is 1. The van der Waals surface area contributed by atoms with Crippen LogP contribution in [0.2, 0.25) is 0 Å². The first-order valence-electron chi connectivity index (χ1n) is 9.53. The van der Waals surface area contributed by atoms with Crippen LogP contribution >= 0.6 is 0 Å². The van der Waals surface area contributed by atoms with Gasteiger partial charge in [0, 0.05) is 0 Å². The molecular weight excluding hydrogens is 412 g/mol. The second kappa shape index (κ2) is 6.71. The lowest BCUT2D eigenvalue weighted by atomic mass is 9.59. The SMILES string of the molecule is CC1(O)OC(C)(CO)C(C)(O)C(C)(O)C1(C)NC(=O)Cn1cnc2c(=O)[nH]c(N)nc21. The molecule has 0 saturated carbocycles. The van der Waals surface area contributed by atoms with Gasteiger partial charge in [-0.3, -0.25) is 14.6 Å². The van der Waals surface area contributed by atoms with E-state index in [2.05, 4.69) is 20.3 Å². The Kier molecular flexibility index (Phi) is 5.00. The van der Waals surface area contributed by atoms with E-state index >= 15 is 0 Å². The first kappa shape index (κ1) is 23.1. The van der Waals surface area contributed by atoms with Crippen LogP contribution in [0.1, 0.15) is 34.6 Å². The van der Waals surface area contributed by atoms with Gasteiger partial charge in [0.15, 0.2) is 17.0 Å². The largest absolute Gasteiger partial charge is 0.393 e. The first-order chi connectivity index (χ1) is 14.0. The number of nitrogens with one attached hydrogen (secondary N) is 2. The fraction of sp³-hybridized carbons (Fsp3) is 0.667. The third-order valence-corrected chi connectivity index (χ3v) is 6.80. The van der Waals surface area contributed by atoms with Gasteiger partial charge in [0.05, 0.1) is 12.9 Å². The summed E-state index contributed by atoms with van der Waals surface area (Å²) in [6, 6.07) is 0. The fourth-order valence-corrected chi connectivity index (χ4v) is 4.08. The Morgan fingerprint density at radius 2 is 1.84 bits per heavy atom. The van der Waals surface area contributed by atoms with Crippen LogP contribution in [0.15, 0.2) is 11.1 Å². The van der Waals surface area contributed by atoms with Gasteiger partial charge in [-0.1, -0.05) is 0 Å². The second-order valence-electron chi connectivity index (χ2n) is 8.79. The predicted molar refractivity (Wildman–Crippen MR) is 108 cm³/mol. The van der Waals surface area contributed by atoms with Gasteiger partial charge in [-0.05, 0) is 34.6 Å². The molecule has 8 N–H and O–H groups in total. The Labute approximate surface area is 176 Å². The lowest BCUT2D eigenvalue weighted by Gasteiger charge is -2.65. The summed E-state index contributed by atoms with van der Waals surface area (Å²) < 4.78 is 6.87. The number of carbonyl (C=O) groups excluding carboxylic acids is 1. The third kappa shape index (κ3) is 3.03. The molecule has 1 aliphatic heterocycles. The zero-order valence-corrected chi connectivity index (χ0v) is 17.9. The van der Waals surface area contributed by atoms with Crippen LogP contribution < -0.4 is 16.6 Å². The summed E-state index contributed by atoms with van der Waals surface area (Å²) in [4.78, 5) is 35.0. The first-order valence-corrected chi connectivity index (χ1v) is 9.53. The van der Waals surface area contributed by atoms with Crippen LogP contribution in [0.25, 0.3) is 11.2 Å². The summed E-state index contributed by atoms with van der Waals surface area (Å²) >= 11 is 0. The number of carbonyl (C=O) groups is 1. The number of hydrogen-bond donors (Lipinski definition) is 7. The number of aliphatic hydroxyl groups is 4. The number of nitrogens with zero attached hydrogens (tertiary/aromatic N) is 3. The number of nitrogen functional groups attached to an aromatic ring is 1. The smallest absolute Gasteiger partial charge is 0.280 e. The number of ether oxygens (including phenoxy) is 1. The lowest BCUT2D eigenvalue weighted by molar-refractivity contribution is -0.416. The van der Waals surface area contributed by atoms with Gasteiger partial charge in [0.2, 0.25) is 11.9 Å². The van der Waals surface area contributed by atoms with Crippen LogP contribution in [0.4, 0.5) is 5.95 Å². The molecule has 31 heavy (non-hydrogen) atoms. The topological polar surface area (TPSA) is 209 Å². The minimum atomic E-state index is -2.21. The van der Waals surface area contributed by atoms with Crippen LogP contribution in [0.5, 0.6) is 0 Å². The van der Waals surface area contributed by atoms with E-state index in [1.54, 1.807) is 0 Å². The molecule has 1 fully saturated rings. The van der Waals surface area contributed by atoms with Crippen LogP contribution in [0, 0.1) is 0 Å². The van der Waals surface area contributed by atoms with Gasteiger partial charge in [-0.25, -0.2) is 4.98 Å². The molecular formula is C18H28N6O7. The summed E-state index contributed by atoms with van der Waals surface area (Å²) in [7, 11) is 0. The Hall–Kier alpha value is -2.58. The van der Waals surface area contributed by atoms with Crippen molar-refractivity contribution in [1.29, 1.82) is 0 Å². The summed E-state index contributed by atoms with van der Waals surface area (Å²) in [6.07, 6.45) is 1.22. The van der Waals surface area contributed by atoms with E-state index in [4.69, 9.17) is 10.5 Å². The highest BCUT2D eigenvalue weighted by Gasteiger charge is 2.74. The van der Waals surface area contributed by atoms with E-state index in [0.717, 1.165) is 0 Å². The van der Waals surface area contributed by atoms with Gasteiger partial charge in [0.25, 0.3) is 5.56 Å². The van der Waals surface area contributed by atoms with E-state index in [0.29, 0.717) is 0 Å². The third-order valence-electron chi connectivity index (χ3n) is 6.80. The maximum atomic E-state index is 12.9. The monoisotopic (exact) mass is 440 g/mol. The second-order valence-corrected chi connectivity index (χ2v) is 8.79. The highest BCUT2D eigenvalue weighted by molar-refractivity contribution is 5.79. The molecule has 0 spiro atoms. The van der Waals surface area contributed by atoms with Gasteiger partial charge in [-0.2, -0.15) is 4.98 Å². The van der Waals surface area contributed by atoms with Crippen LogP contribution in [-0.4, -0.2) is 80.6 Å². The number of fused-ring (bicyclic) bond motifs is 1. The zero-order valence-electron chi connectivity index (χ0n) is 17.9. The molecule has 5 atom stereocenters. The van der Waals surface area contributed by atoms with E-state index in [9.17, 15) is 30.0 Å². The maximum absolute atomic E-state index is 12.9. The average Bonchev–Trinajstić information content (AvgIpc) is 3.02. The van der Waals surface area contributed by atoms with Crippen molar-refractivity contribution in [3.63, 3.8) is 0 Å². The molecule has 172 valence electrons. The minimum absolute atomic E-state index is 0.0187. The van der Waals surface area contributed by atoms with Crippen LogP contribution in [0.3, 0.4) is 0 Å². The normalized spacial score (nSPS) is 38.4. The highest BCUT2D eigenvalue weighted by atomic mass is 16.7. The number of amides is 1. The molecule has 3 rings (SSSR count). The van der Waals surface area contributed by atoms with Gasteiger partial charge >= 0.3 is 0 Å². The molecule has 1 saturated heterocycles.